The van der Waals surface area contributed by atoms with Gasteiger partial charge in [0.15, 0.2) is 0 Å². The molecule has 0 aliphatic rings. The molecule has 4 nitrogen and oxygen atoms in total. The lowest BCUT2D eigenvalue weighted by Gasteiger charge is -2.11. The second-order valence-electron chi connectivity index (χ2n) is 4.24. The Morgan fingerprint density at radius 3 is 2.59 bits per heavy atom. The summed E-state index contributed by atoms with van der Waals surface area (Å²) < 4.78 is 26.2. The van der Waals surface area contributed by atoms with Crippen LogP contribution < -0.4 is 10.5 Å². The molecule has 0 radical (unpaired) electrons. The quantitative estimate of drug-likeness (QED) is 0.762. The van der Waals surface area contributed by atoms with Crippen LogP contribution in [-0.2, 0) is 10.0 Å². The number of rotatable bonds is 6. The molecular weight excluding hydrogens is 236 g/mol. The van der Waals surface area contributed by atoms with Crippen molar-refractivity contribution < 1.29 is 8.42 Å². The van der Waals surface area contributed by atoms with Crippen molar-refractivity contribution in [3.63, 3.8) is 0 Å². The van der Waals surface area contributed by atoms with E-state index < -0.39 is 10.0 Å². The fourth-order valence-electron chi connectivity index (χ4n) is 1.50. The van der Waals surface area contributed by atoms with Crippen molar-refractivity contribution in [1.82, 2.24) is 0 Å². The van der Waals surface area contributed by atoms with E-state index in [4.69, 9.17) is 5.73 Å². The third-order valence-electron chi connectivity index (χ3n) is 2.53. The van der Waals surface area contributed by atoms with Crippen LogP contribution in [0.5, 0.6) is 0 Å². The molecule has 0 heterocycles. The van der Waals surface area contributed by atoms with E-state index in [0.717, 1.165) is 17.5 Å². The van der Waals surface area contributed by atoms with Gasteiger partial charge < -0.3 is 5.73 Å². The van der Waals surface area contributed by atoms with Gasteiger partial charge in [-0.3, -0.25) is 4.72 Å². The van der Waals surface area contributed by atoms with Crippen LogP contribution in [0.1, 0.15) is 24.0 Å². The third kappa shape index (κ3) is 4.75. The highest BCUT2D eigenvalue weighted by Gasteiger charge is 2.11. The van der Waals surface area contributed by atoms with E-state index in [2.05, 4.69) is 4.72 Å². The number of nitrogens with one attached hydrogen (secondary N) is 1. The molecule has 0 aliphatic carbocycles. The summed E-state index contributed by atoms with van der Waals surface area (Å²) in [5.41, 5.74) is 7.97. The van der Waals surface area contributed by atoms with Crippen molar-refractivity contribution in [1.29, 1.82) is 0 Å². The molecule has 0 saturated heterocycles. The third-order valence-corrected chi connectivity index (χ3v) is 3.88. The predicted molar refractivity (Wildman–Crippen MR) is 71.6 cm³/mol. The van der Waals surface area contributed by atoms with Gasteiger partial charge >= 0.3 is 0 Å². The van der Waals surface area contributed by atoms with Crippen molar-refractivity contribution in [3.05, 3.63) is 29.3 Å². The molecule has 0 amide bonds. The number of anilines is 1. The molecular formula is C12H20N2O2S. The van der Waals surface area contributed by atoms with E-state index in [1.54, 1.807) is 0 Å². The summed E-state index contributed by atoms with van der Waals surface area (Å²) in [6, 6.07) is 5.71. The fraction of sp³-hybridized carbons (Fsp3) is 0.500. The van der Waals surface area contributed by atoms with Crippen molar-refractivity contribution in [2.45, 2.75) is 26.7 Å². The van der Waals surface area contributed by atoms with Gasteiger partial charge in [0.05, 0.1) is 11.4 Å². The largest absolute Gasteiger partial charge is 0.330 e. The Balaban J connectivity index is 2.72. The standard InChI is InChI=1S/C12H20N2O2S/c1-10-5-6-11(2)12(9-10)14-17(15,16)8-4-3-7-13/h5-6,9,14H,3-4,7-8,13H2,1-2H3. The van der Waals surface area contributed by atoms with Crippen LogP contribution in [0.2, 0.25) is 0 Å². The average molecular weight is 256 g/mol. The molecule has 0 bridgehead atoms. The molecule has 0 aliphatic heterocycles. The minimum absolute atomic E-state index is 0.123. The summed E-state index contributed by atoms with van der Waals surface area (Å²) in [6.45, 7) is 4.35. The highest BCUT2D eigenvalue weighted by Crippen LogP contribution is 2.18. The van der Waals surface area contributed by atoms with Crippen molar-refractivity contribution >= 4 is 15.7 Å². The Kier molecular flexibility index (Phi) is 4.96. The van der Waals surface area contributed by atoms with Crippen LogP contribution in [0.15, 0.2) is 18.2 Å². The molecule has 0 saturated carbocycles. The van der Waals surface area contributed by atoms with Crippen LogP contribution in [0.3, 0.4) is 0 Å². The lowest BCUT2D eigenvalue weighted by Crippen LogP contribution is -2.18. The normalized spacial score (nSPS) is 11.5. The number of hydrogen-bond donors (Lipinski definition) is 2. The van der Waals surface area contributed by atoms with Crippen LogP contribution in [0.25, 0.3) is 0 Å². The maximum atomic E-state index is 11.8. The Bertz CT molecular complexity index is 469. The van der Waals surface area contributed by atoms with Gasteiger partial charge in [-0.05, 0) is 50.4 Å². The zero-order valence-corrected chi connectivity index (χ0v) is 11.2. The summed E-state index contributed by atoms with van der Waals surface area (Å²) in [6.07, 6.45) is 1.32. The molecule has 5 heteroatoms. The highest BCUT2D eigenvalue weighted by molar-refractivity contribution is 7.92. The summed E-state index contributed by atoms with van der Waals surface area (Å²) in [5.74, 6) is 0.123. The van der Waals surface area contributed by atoms with Crippen molar-refractivity contribution in [2.24, 2.45) is 5.73 Å². The van der Waals surface area contributed by atoms with Gasteiger partial charge in [0.1, 0.15) is 0 Å². The summed E-state index contributed by atoms with van der Waals surface area (Å²) >= 11 is 0. The predicted octanol–water partition coefficient (Wildman–Crippen LogP) is 1.78. The first-order chi connectivity index (χ1) is 7.94. The second-order valence-corrected chi connectivity index (χ2v) is 6.08. The van der Waals surface area contributed by atoms with Gasteiger partial charge in [-0.1, -0.05) is 12.1 Å². The van der Waals surface area contributed by atoms with E-state index in [1.165, 1.54) is 0 Å². The summed E-state index contributed by atoms with van der Waals surface area (Å²) in [4.78, 5) is 0. The molecule has 0 fully saturated rings. The van der Waals surface area contributed by atoms with Crippen LogP contribution in [0, 0.1) is 13.8 Å². The molecule has 17 heavy (non-hydrogen) atoms. The lowest BCUT2D eigenvalue weighted by molar-refractivity contribution is 0.597. The first kappa shape index (κ1) is 14.0. The minimum Gasteiger partial charge on any atom is -0.330 e. The van der Waals surface area contributed by atoms with E-state index in [9.17, 15) is 8.42 Å². The zero-order valence-electron chi connectivity index (χ0n) is 10.4. The molecule has 1 rings (SSSR count). The molecule has 0 unspecified atom stereocenters. The Morgan fingerprint density at radius 1 is 1.24 bits per heavy atom. The molecule has 0 spiro atoms. The van der Waals surface area contributed by atoms with E-state index in [0.29, 0.717) is 18.7 Å². The molecule has 96 valence electrons. The van der Waals surface area contributed by atoms with E-state index in [1.807, 2.05) is 32.0 Å². The van der Waals surface area contributed by atoms with Gasteiger partial charge in [0, 0.05) is 0 Å². The Labute approximate surface area is 103 Å². The van der Waals surface area contributed by atoms with E-state index in [-0.39, 0.29) is 5.75 Å². The van der Waals surface area contributed by atoms with Crippen molar-refractivity contribution in [3.8, 4) is 0 Å². The van der Waals surface area contributed by atoms with Gasteiger partial charge in [0.2, 0.25) is 10.0 Å². The molecule has 0 aromatic heterocycles. The molecule has 1 aromatic rings. The molecule has 0 atom stereocenters. The first-order valence-electron chi connectivity index (χ1n) is 5.72. The van der Waals surface area contributed by atoms with Gasteiger partial charge in [-0.15, -0.1) is 0 Å². The van der Waals surface area contributed by atoms with Gasteiger partial charge in [-0.2, -0.15) is 0 Å². The van der Waals surface area contributed by atoms with Crippen LogP contribution in [0.4, 0.5) is 5.69 Å². The number of sulfonamides is 1. The SMILES string of the molecule is Cc1ccc(C)c(NS(=O)(=O)CCCCN)c1. The monoisotopic (exact) mass is 256 g/mol. The zero-order chi connectivity index (χ0) is 12.9. The summed E-state index contributed by atoms with van der Waals surface area (Å²) in [5, 5.41) is 0. The van der Waals surface area contributed by atoms with Crippen LogP contribution >= 0.6 is 0 Å². The minimum atomic E-state index is -3.25. The number of aryl methyl sites for hydroxylation is 2. The number of hydrogen-bond acceptors (Lipinski definition) is 3. The number of unbranched alkanes of at least 4 members (excludes halogenated alkanes) is 1. The Hall–Kier alpha value is -1.07. The molecule has 1 aromatic carbocycles. The first-order valence-corrected chi connectivity index (χ1v) is 7.37. The van der Waals surface area contributed by atoms with Crippen LogP contribution in [-0.4, -0.2) is 20.7 Å². The fourth-order valence-corrected chi connectivity index (χ4v) is 2.74. The topological polar surface area (TPSA) is 72.2 Å². The maximum absolute atomic E-state index is 11.8. The highest BCUT2D eigenvalue weighted by atomic mass is 32.2. The molecule has 3 N–H and O–H groups in total. The number of benzene rings is 1. The Morgan fingerprint density at radius 2 is 1.94 bits per heavy atom. The van der Waals surface area contributed by atoms with Crippen molar-refractivity contribution in [2.75, 3.05) is 17.0 Å². The smallest absolute Gasteiger partial charge is 0.232 e. The van der Waals surface area contributed by atoms with E-state index >= 15 is 0 Å². The summed E-state index contributed by atoms with van der Waals surface area (Å²) in [7, 11) is -3.25. The second kappa shape index (κ2) is 6.02. The van der Waals surface area contributed by atoms with Gasteiger partial charge in [0.25, 0.3) is 0 Å². The van der Waals surface area contributed by atoms with Gasteiger partial charge in [-0.25, -0.2) is 8.42 Å². The maximum Gasteiger partial charge on any atom is 0.232 e. The average Bonchev–Trinajstić information content (AvgIpc) is 2.23. The lowest BCUT2D eigenvalue weighted by atomic mass is 10.1. The number of nitrogens with two attached hydrogens (primary N) is 1.